The molecule has 0 bridgehead atoms. The van der Waals surface area contributed by atoms with E-state index in [4.69, 9.17) is 10.7 Å². The number of hydrogen-bond acceptors (Lipinski definition) is 4. The van der Waals surface area contributed by atoms with Crippen LogP contribution in [0.15, 0.2) is 35.2 Å². The van der Waals surface area contributed by atoms with Gasteiger partial charge in [-0.1, -0.05) is 32.0 Å². The van der Waals surface area contributed by atoms with Crippen molar-refractivity contribution < 1.29 is 0 Å². The first-order valence-electron chi connectivity index (χ1n) is 6.95. The van der Waals surface area contributed by atoms with Crippen molar-refractivity contribution >= 4 is 23.1 Å². The van der Waals surface area contributed by atoms with Gasteiger partial charge in [0.2, 0.25) is 0 Å². The summed E-state index contributed by atoms with van der Waals surface area (Å²) >= 11 is 3.65. The molecule has 0 aliphatic heterocycles. The summed E-state index contributed by atoms with van der Waals surface area (Å²) in [5, 5.41) is 1.21. The number of thiazole rings is 1. The van der Waals surface area contributed by atoms with Gasteiger partial charge in [-0.05, 0) is 30.4 Å². The molecule has 1 aliphatic rings. The zero-order valence-electron chi connectivity index (χ0n) is 11.9. The molecule has 20 heavy (non-hydrogen) atoms. The first kappa shape index (κ1) is 14.1. The van der Waals surface area contributed by atoms with Crippen LogP contribution >= 0.6 is 23.1 Å². The maximum absolute atomic E-state index is 6.31. The predicted octanol–water partition coefficient (Wildman–Crippen LogP) is 4.41. The number of rotatable bonds is 3. The summed E-state index contributed by atoms with van der Waals surface area (Å²) < 4.78 is 0. The molecule has 0 fully saturated rings. The minimum absolute atomic E-state index is 0.168. The number of nitrogens with two attached hydrogens (primary N) is 1. The Labute approximate surface area is 128 Å². The first-order valence-corrected chi connectivity index (χ1v) is 8.76. The molecule has 0 amide bonds. The fourth-order valence-corrected chi connectivity index (χ4v) is 4.76. The molecule has 2 N–H and O–H groups in total. The highest BCUT2D eigenvalue weighted by Crippen LogP contribution is 2.42. The normalized spacial score (nSPS) is 20.6. The van der Waals surface area contributed by atoms with E-state index in [9.17, 15) is 0 Å². The van der Waals surface area contributed by atoms with Gasteiger partial charge in [-0.15, -0.1) is 23.1 Å². The minimum atomic E-state index is 0.168. The van der Waals surface area contributed by atoms with Crippen LogP contribution in [0.1, 0.15) is 41.9 Å². The Morgan fingerprint density at radius 3 is 2.85 bits per heavy atom. The maximum atomic E-state index is 6.31. The van der Waals surface area contributed by atoms with E-state index in [1.54, 1.807) is 11.3 Å². The minimum Gasteiger partial charge on any atom is -0.323 e. The summed E-state index contributed by atoms with van der Waals surface area (Å²) in [4.78, 5) is 7.44. The van der Waals surface area contributed by atoms with Crippen LogP contribution in [-0.2, 0) is 12.2 Å². The number of aromatic nitrogens is 1. The van der Waals surface area contributed by atoms with Gasteiger partial charge in [0.1, 0.15) is 5.01 Å². The first-order chi connectivity index (χ1) is 9.53. The van der Waals surface area contributed by atoms with E-state index in [1.165, 1.54) is 20.5 Å². The van der Waals surface area contributed by atoms with Crippen LogP contribution < -0.4 is 5.73 Å². The summed E-state index contributed by atoms with van der Waals surface area (Å²) in [5.41, 5.74) is 7.83. The van der Waals surface area contributed by atoms with E-state index in [0.29, 0.717) is 0 Å². The second-order valence-electron chi connectivity index (χ2n) is 6.17. The van der Waals surface area contributed by atoms with E-state index < -0.39 is 0 Å². The number of thioether (sulfide) groups is 1. The lowest BCUT2D eigenvalue weighted by atomic mass is 9.77. The van der Waals surface area contributed by atoms with Crippen LogP contribution in [-0.4, -0.2) is 4.98 Å². The van der Waals surface area contributed by atoms with Crippen LogP contribution in [0.4, 0.5) is 0 Å². The summed E-state index contributed by atoms with van der Waals surface area (Å²) in [6.07, 6.45) is 2.12. The molecule has 0 saturated heterocycles. The quantitative estimate of drug-likeness (QED) is 0.854. The van der Waals surface area contributed by atoms with E-state index in [2.05, 4.69) is 38.1 Å². The van der Waals surface area contributed by atoms with Gasteiger partial charge in [0.15, 0.2) is 0 Å². The zero-order valence-corrected chi connectivity index (χ0v) is 13.6. The van der Waals surface area contributed by atoms with Crippen molar-refractivity contribution in [2.24, 2.45) is 11.1 Å². The van der Waals surface area contributed by atoms with E-state index in [0.717, 1.165) is 18.6 Å². The average molecular weight is 304 g/mol. The highest BCUT2D eigenvalue weighted by Gasteiger charge is 2.33. The Hall–Kier alpha value is -0.840. The highest BCUT2D eigenvalue weighted by atomic mass is 32.2. The molecule has 0 spiro atoms. The molecule has 106 valence electrons. The molecule has 0 saturated carbocycles. The lowest BCUT2D eigenvalue weighted by Crippen LogP contribution is -2.28. The summed E-state index contributed by atoms with van der Waals surface area (Å²) in [6, 6.07) is 10.7. The molecule has 1 unspecified atom stereocenters. The lowest BCUT2D eigenvalue weighted by molar-refractivity contribution is 0.282. The van der Waals surface area contributed by atoms with Crippen molar-refractivity contribution in [3.05, 3.63) is 45.9 Å². The molecule has 1 aromatic carbocycles. The van der Waals surface area contributed by atoms with Crippen molar-refractivity contribution in [1.29, 1.82) is 0 Å². The molecule has 4 heteroatoms. The van der Waals surface area contributed by atoms with Gasteiger partial charge >= 0.3 is 0 Å². The molecule has 1 heterocycles. The summed E-state index contributed by atoms with van der Waals surface area (Å²) in [7, 11) is 0. The Morgan fingerprint density at radius 1 is 1.35 bits per heavy atom. The second-order valence-corrected chi connectivity index (χ2v) is 8.34. The molecule has 0 radical (unpaired) electrons. The number of hydrogen-bond donors (Lipinski definition) is 1. The van der Waals surface area contributed by atoms with Gasteiger partial charge in [0, 0.05) is 15.8 Å². The van der Waals surface area contributed by atoms with E-state index in [-0.39, 0.29) is 11.5 Å². The van der Waals surface area contributed by atoms with E-state index >= 15 is 0 Å². The zero-order chi connectivity index (χ0) is 14.2. The summed E-state index contributed by atoms with van der Waals surface area (Å²) in [6.45, 7) is 4.57. The van der Waals surface area contributed by atoms with Gasteiger partial charge in [-0.2, -0.15) is 0 Å². The second kappa shape index (κ2) is 5.51. The van der Waals surface area contributed by atoms with E-state index in [1.807, 2.05) is 17.8 Å². The highest BCUT2D eigenvalue weighted by molar-refractivity contribution is 7.98. The third-order valence-corrected chi connectivity index (χ3v) is 6.07. The number of nitrogens with zero attached hydrogens (tertiary/aromatic N) is 1. The van der Waals surface area contributed by atoms with Crippen molar-refractivity contribution in [3.8, 4) is 0 Å². The Morgan fingerprint density at radius 2 is 2.10 bits per heavy atom. The summed E-state index contributed by atoms with van der Waals surface area (Å²) in [5.74, 6) is 0.939. The third-order valence-electron chi connectivity index (χ3n) is 3.63. The largest absolute Gasteiger partial charge is 0.323 e. The van der Waals surface area contributed by atoms with Crippen LogP contribution in [0.2, 0.25) is 0 Å². The fourth-order valence-electron chi connectivity index (χ4n) is 2.77. The predicted molar refractivity (Wildman–Crippen MR) is 87.1 cm³/mol. The Kier molecular flexibility index (Phi) is 3.89. The topological polar surface area (TPSA) is 38.9 Å². The number of benzene rings is 1. The number of fused-ring (bicyclic) bond motifs is 1. The van der Waals surface area contributed by atoms with Gasteiger partial charge in [-0.25, -0.2) is 4.98 Å². The monoisotopic (exact) mass is 304 g/mol. The van der Waals surface area contributed by atoms with Crippen molar-refractivity contribution in [2.45, 2.75) is 43.4 Å². The Balaban J connectivity index is 1.74. The molecular formula is C16H20N2S2. The van der Waals surface area contributed by atoms with Crippen molar-refractivity contribution in [2.75, 3.05) is 0 Å². The molecule has 1 aliphatic carbocycles. The van der Waals surface area contributed by atoms with Crippen LogP contribution in [0, 0.1) is 5.41 Å². The average Bonchev–Trinajstić information content (AvgIpc) is 2.79. The van der Waals surface area contributed by atoms with Gasteiger partial charge < -0.3 is 5.73 Å². The van der Waals surface area contributed by atoms with Crippen molar-refractivity contribution in [1.82, 2.24) is 4.98 Å². The molecule has 1 aromatic heterocycles. The van der Waals surface area contributed by atoms with Crippen LogP contribution in [0.3, 0.4) is 0 Å². The van der Waals surface area contributed by atoms with Crippen molar-refractivity contribution in [3.63, 3.8) is 0 Å². The molecule has 3 rings (SSSR count). The standard InChI is InChI=1S/C16H20N2S2/c1-16(2)8-12(17)15-13(9-16)18-14(20-15)10-19-11-6-4-3-5-7-11/h3-7,12H,8-10,17H2,1-2H3. The molecule has 2 aromatic rings. The van der Waals surface area contributed by atoms with Gasteiger partial charge in [0.25, 0.3) is 0 Å². The van der Waals surface area contributed by atoms with Crippen LogP contribution in [0.5, 0.6) is 0 Å². The van der Waals surface area contributed by atoms with Gasteiger partial charge in [0.05, 0.1) is 11.4 Å². The molecule has 2 nitrogen and oxygen atoms in total. The molecule has 1 atom stereocenters. The van der Waals surface area contributed by atoms with Gasteiger partial charge in [-0.3, -0.25) is 0 Å². The third kappa shape index (κ3) is 3.08. The van der Waals surface area contributed by atoms with Crippen LogP contribution in [0.25, 0.3) is 0 Å². The molecular weight excluding hydrogens is 284 g/mol. The Bertz CT molecular complexity index is 590. The fraction of sp³-hybridized carbons (Fsp3) is 0.438. The SMILES string of the molecule is CC1(C)Cc2nc(CSc3ccccc3)sc2C(N)C1. The maximum Gasteiger partial charge on any atom is 0.103 e. The lowest BCUT2D eigenvalue weighted by Gasteiger charge is -2.32. The smallest absolute Gasteiger partial charge is 0.103 e.